The summed E-state index contributed by atoms with van der Waals surface area (Å²) in [5.41, 5.74) is 4.81. The van der Waals surface area contributed by atoms with Crippen LogP contribution in [0, 0.1) is 0 Å². The van der Waals surface area contributed by atoms with Crippen LogP contribution in [0.2, 0.25) is 0 Å². The van der Waals surface area contributed by atoms with Crippen molar-refractivity contribution in [2.75, 3.05) is 0 Å². The van der Waals surface area contributed by atoms with E-state index < -0.39 is 0 Å². The topological polar surface area (TPSA) is 37.8 Å². The average molecular weight is 239 g/mol. The third kappa shape index (κ3) is 2.02. The molecule has 0 spiro atoms. The number of aromatic nitrogens is 2. The van der Waals surface area contributed by atoms with Crippen LogP contribution in [0.4, 0.5) is 0 Å². The predicted octanol–water partition coefficient (Wildman–Crippen LogP) is 2.70. The van der Waals surface area contributed by atoms with Gasteiger partial charge in [0.25, 0.3) is 0 Å². The van der Waals surface area contributed by atoms with Gasteiger partial charge in [0.2, 0.25) is 0 Å². The highest BCUT2D eigenvalue weighted by Gasteiger charge is 2.18. The minimum Gasteiger partial charge on any atom is -0.307 e. The molecular formula is C15H17N3. The highest BCUT2D eigenvalue weighted by atomic mass is 15.0. The molecule has 2 heterocycles. The van der Waals surface area contributed by atoms with Gasteiger partial charge in [-0.05, 0) is 6.42 Å². The highest BCUT2D eigenvalue weighted by molar-refractivity contribution is 5.55. The Morgan fingerprint density at radius 3 is 2.72 bits per heavy atom. The van der Waals surface area contributed by atoms with E-state index in [1.807, 2.05) is 18.2 Å². The van der Waals surface area contributed by atoms with E-state index in [4.69, 9.17) is 9.97 Å². The molecule has 0 unspecified atom stereocenters. The van der Waals surface area contributed by atoms with Crippen LogP contribution >= 0.6 is 0 Å². The lowest BCUT2D eigenvalue weighted by Crippen LogP contribution is -2.03. The van der Waals surface area contributed by atoms with Crippen molar-refractivity contribution in [1.29, 1.82) is 0 Å². The highest BCUT2D eigenvalue weighted by Crippen LogP contribution is 2.23. The van der Waals surface area contributed by atoms with Crippen molar-refractivity contribution in [3.05, 3.63) is 47.3 Å². The number of aryl methyl sites for hydroxylation is 1. The van der Waals surface area contributed by atoms with Crippen LogP contribution < -0.4 is 5.32 Å². The second-order valence-electron chi connectivity index (χ2n) is 4.64. The van der Waals surface area contributed by atoms with Gasteiger partial charge in [-0.25, -0.2) is 9.97 Å². The van der Waals surface area contributed by atoms with E-state index in [0.29, 0.717) is 0 Å². The fourth-order valence-corrected chi connectivity index (χ4v) is 2.40. The van der Waals surface area contributed by atoms with Gasteiger partial charge in [0.1, 0.15) is 0 Å². The van der Waals surface area contributed by atoms with E-state index in [9.17, 15) is 0 Å². The molecular weight excluding hydrogens is 222 g/mol. The van der Waals surface area contributed by atoms with Crippen molar-refractivity contribution in [3.63, 3.8) is 0 Å². The maximum Gasteiger partial charge on any atom is 0.159 e. The molecule has 0 fully saturated rings. The molecule has 0 radical (unpaired) electrons. The first-order chi connectivity index (χ1) is 8.88. The molecule has 0 bridgehead atoms. The van der Waals surface area contributed by atoms with Crippen LogP contribution in [-0.2, 0) is 19.5 Å². The maximum atomic E-state index is 4.75. The molecule has 3 nitrogen and oxygen atoms in total. The zero-order valence-corrected chi connectivity index (χ0v) is 10.6. The van der Waals surface area contributed by atoms with Crippen LogP contribution in [0.15, 0.2) is 30.3 Å². The van der Waals surface area contributed by atoms with E-state index in [-0.39, 0.29) is 0 Å². The van der Waals surface area contributed by atoms with Crippen molar-refractivity contribution < 1.29 is 0 Å². The Balaban J connectivity index is 2.09. The molecule has 0 atom stereocenters. The lowest BCUT2D eigenvalue weighted by Gasteiger charge is -2.08. The fourth-order valence-electron chi connectivity index (χ4n) is 2.40. The number of rotatable bonds is 3. The summed E-state index contributed by atoms with van der Waals surface area (Å²) in [5.74, 6) is 0.863. The Bertz CT molecular complexity index is 549. The molecule has 1 aromatic carbocycles. The first kappa shape index (κ1) is 11.4. The smallest absolute Gasteiger partial charge is 0.159 e. The number of hydrogen-bond donors (Lipinski definition) is 1. The summed E-state index contributed by atoms with van der Waals surface area (Å²) in [7, 11) is 0. The van der Waals surface area contributed by atoms with Crippen LogP contribution in [0.3, 0.4) is 0 Å². The van der Waals surface area contributed by atoms with Crippen molar-refractivity contribution in [2.24, 2.45) is 0 Å². The molecule has 1 aromatic heterocycles. The normalized spacial score (nSPS) is 13.6. The summed E-state index contributed by atoms with van der Waals surface area (Å²) in [6.07, 6.45) is 2.16. The van der Waals surface area contributed by atoms with Crippen molar-refractivity contribution >= 4 is 0 Å². The quantitative estimate of drug-likeness (QED) is 0.895. The molecule has 1 aliphatic rings. The molecule has 2 aromatic rings. The number of benzene rings is 1. The summed E-state index contributed by atoms with van der Waals surface area (Å²) in [4.78, 5) is 9.45. The lowest BCUT2D eigenvalue weighted by molar-refractivity contribution is 0.753. The summed E-state index contributed by atoms with van der Waals surface area (Å²) < 4.78 is 0. The summed E-state index contributed by atoms with van der Waals surface area (Å²) in [5, 5.41) is 3.36. The molecule has 92 valence electrons. The SMILES string of the molecule is CCCc1nc(-c2ccccc2)nc2c1CNC2. The Kier molecular flexibility index (Phi) is 3.07. The zero-order chi connectivity index (χ0) is 12.4. The first-order valence-corrected chi connectivity index (χ1v) is 6.53. The van der Waals surface area contributed by atoms with Crippen molar-refractivity contribution in [3.8, 4) is 11.4 Å². The molecule has 1 aliphatic heterocycles. The minimum atomic E-state index is 0.863. The molecule has 0 amide bonds. The van der Waals surface area contributed by atoms with Crippen LogP contribution in [0.1, 0.15) is 30.3 Å². The number of hydrogen-bond acceptors (Lipinski definition) is 3. The van der Waals surface area contributed by atoms with E-state index in [2.05, 4.69) is 24.4 Å². The van der Waals surface area contributed by atoms with Gasteiger partial charge >= 0.3 is 0 Å². The van der Waals surface area contributed by atoms with Gasteiger partial charge in [0, 0.05) is 29.9 Å². The second-order valence-corrected chi connectivity index (χ2v) is 4.64. The number of nitrogens with one attached hydrogen (secondary N) is 1. The van der Waals surface area contributed by atoms with Crippen LogP contribution in [0.5, 0.6) is 0 Å². The summed E-state index contributed by atoms with van der Waals surface area (Å²) in [6.45, 7) is 3.98. The second kappa shape index (κ2) is 4.86. The standard InChI is InChI=1S/C15H17N3/c1-2-6-13-12-9-16-10-14(12)18-15(17-13)11-7-4-3-5-8-11/h3-5,7-8,16H,2,6,9-10H2,1H3. The van der Waals surface area contributed by atoms with Crippen molar-refractivity contribution in [2.45, 2.75) is 32.9 Å². The van der Waals surface area contributed by atoms with E-state index >= 15 is 0 Å². The zero-order valence-electron chi connectivity index (χ0n) is 10.6. The van der Waals surface area contributed by atoms with Gasteiger partial charge in [-0.2, -0.15) is 0 Å². The predicted molar refractivity (Wildman–Crippen MR) is 72.0 cm³/mol. The average Bonchev–Trinajstić information content (AvgIpc) is 2.88. The maximum absolute atomic E-state index is 4.75. The van der Waals surface area contributed by atoms with Crippen LogP contribution in [-0.4, -0.2) is 9.97 Å². The largest absolute Gasteiger partial charge is 0.307 e. The van der Waals surface area contributed by atoms with Crippen LogP contribution in [0.25, 0.3) is 11.4 Å². The lowest BCUT2D eigenvalue weighted by atomic mass is 10.1. The Morgan fingerprint density at radius 2 is 1.94 bits per heavy atom. The van der Waals surface area contributed by atoms with Gasteiger partial charge in [-0.15, -0.1) is 0 Å². The molecule has 0 aliphatic carbocycles. The summed E-state index contributed by atoms with van der Waals surface area (Å²) in [6, 6.07) is 10.2. The third-order valence-corrected chi connectivity index (χ3v) is 3.29. The van der Waals surface area contributed by atoms with Gasteiger partial charge < -0.3 is 5.32 Å². The molecule has 1 N–H and O–H groups in total. The Morgan fingerprint density at radius 1 is 1.11 bits per heavy atom. The monoisotopic (exact) mass is 239 g/mol. The van der Waals surface area contributed by atoms with E-state index in [1.165, 1.54) is 17.0 Å². The third-order valence-electron chi connectivity index (χ3n) is 3.29. The molecule has 3 rings (SSSR count). The minimum absolute atomic E-state index is 0.863. The molecule has 0 saturated heterocycles. The number of nitrogens with zero attached hydrogens (tertiary/aromatic N) is 2. The Hall–Kier alpha value is -1.74. The van der Waals surface area contributed by atoms with E-state index in [0.717, 1.165) is 37.3 Å². The summed E-state index contributed by atoms with van der Waals surface area (Å²) >= 11 is 0. The van der Waals surface area contributed by atoms with Gasteiger partial charge in [-0.3, -0.25) is 0 Å². The van der Waals surface area contributed by atoms with Gasteiger partial charge in [0.05, 0.1) is 5.69 Å². The number of fused-ring (bicyclic) bond motifs is 1. The first-order valence-electron chi connectivity index (χ1n) is 6.53. The Labute approximate surface area is 107 Å². The van der Waals surface area contributed by atoms with Crippen molar-refractivity contribution in [1.82, 2.24) is 15.3 Å². The van der Waals surface area contributed by atoms with Gasteiger partial charge in [-0.1, -0.05) is 43.7 Å². The molecule has 18 heavy (non-hydrogen) atoms. The molecule has 3 heteroatoms. The molecule has 0 saturated carbocycles. The fraction of sp³-hybridized carbons (Fsp3) is 0.333. The van der Waals surface area contributed by atoms with Gasteiger partial charge in [0.15, 0.2) is 5.82 Å². The van der Waals surface area contributed by atoms with E-state index in [1.54, 1.807) is 0 Å².